The maximum absolute atomic E-state index is 14.7. The van der Waals surface area contributed by atoms with Crippen molar-refractivity contribution in [2.45, 2.75) is 120 Å². The first-order chi connectivity index (χ1) is 26.5. The Morgan fingerprint density at radius 1 is 1.07 bits per heavy atom. The molecule has 1 aromatic heterocycles. The van der Waals surface area contributed by atoms with Gasteiger partial charge in [-0.25, -0.2) is 13.2 Å². The molecule has 3 N–H and O–H groups in total. The van der Waals surface area contributed by atoms with Gasteiger partial charge >= 0.3 is 6.09 Å². The Balaban J connectivity index is 1.25. The molecule has 0 radical (unpaired) electrons. The van der Waals surface area contributed by atoms with E-state index in [4.69, 9.17) is 21.1 Å². The lowest BCUT2D eigenvalue weighted by atomic mass is 9.85. The topological polar surface area (TPSA) is 182 Å². The van der Waals surface area contributed by atoms with Gasteiger partial charge in [-0.3, -0.25) is 28.5 Å². The number of hydrogen-bond acceptors (Lipinski definition) is 9. The van der Waals surface area contributed by atoms with Crippen molar-refractivity contribution in [3.05, 3.63) is 64.4 Å². The molecule has 1 saturated heterocycles. The summed E-state index contributed by atoms with van der Waals surface area (Å²) >= 11 is 6.32. The van der Waals surface area contributed by atoms with Crippen molar-refractivity contribution >= 4 is 56.2 Å². The standard InChI is InChI=1S/C40H50ClN5O9S/c1-5-25-21-40(25,37(50)44-56(52,53)28-14-15-28)43-34(47)30-20-27-22-46(30)36(49)33(39(2,3)4)42-38(51)55-31-12-9-11-23(31)10-7-6-8-17-45-32(54-27)19-24-18-26(41)13-16-29(24)35(45)48/h5-7,13,16,18-19,23,25,27-28,30-31,33H,1,8-12,14-15,17,20-22H2,2-4H3,(H,42,51)(H,43,47)(H,44,50)/b7-6+/t23-,25-,27-,30+,31-,33-,40-/m1/s1. The van der Waals surface area contributed by atoms with Crippen molar-refractivity contribution in [1.82, 2.24) is 24.8 Å². The van der Waals surface area contributed by atoms with Gasteiger partial charge in [-0.1, -0.05) is 50.6 Å². The summed E-state index contributed by atoms with van der Waals surface area (Å²) < 4.78 is 41.7. The van der Waals surface area contributed by atoms with Gasteiger partial charge in [-0.2, -0.15) is 0 Å². The molecule has 0 unspecified atom stereocenters. The molecule has 3 saturated carbocycles. The van der Waals surface area contributed by atoms with Gasteiger partial charge < -0.3 is 25.0 Å². The molecule has 4 amide bonds. The van der Waals surface area contributed by atoms with Crippen LogP contribution < -0.4 is 25.7 Å². The number of aromatic nitrogens is 1. The second-order valence-corrected chi connectivity index (χ2v) is 19.3. The lowest BCUT2D eigenvalue weighted by Gasteiger charge is -2.35. The van der Waals surface area contributed by atoms with Crippen LogP contribution in [0.1, 0.15) is 78.6 Å². The highest BCUT2D eigenvalue weighted by molar-refractivity contribution is 7.91. The third-order valence-electron chi connectivity index (χ3n) is 11.8. The third kappa shape index (κ3) is 8.07. The van der Waals surface area contributed by atoms with Gasteiger partial charge in [-0.05, 0) is 86.3 Å². The Labute approximate surface area is 331 Å². The molecule has 14 nitrogen and oxygen atoms in total. The molecule has 2 aromatic rings. The van der Waals surface area contributed by atoms with E-state index in [9.17, 15) is 32.4 Å². The van der Waals surface area contributed by atoms with Gasteiger partial charge in [-0.15, -0.1) is 6.58 Å². The molecule has 3 heterocycles. The summed E-state index contributed by atoms with van der Waals surface area (Å²) in [5, 5.41) is 6.39. The van der Waals surface area contributed by atoms with Gasteiger partial charge in [0, 0.05) is 35.4 Å². The fraction of sp³-hybridized carbons (Fsp3) is 0.575. The van der Waals surface area contributed by atoms with Gasteiger partial charge in [0.05, 0.1) is 11.8 Å². The van der Waals surface area contributed by atoms with Crippen molar-refractivity contribution in [3.63, 3.8) is 0 Å². The molecule has 0 spiro atoms. The van der Waals surface area contributed by atoms with E-state index in [0.717, 1.165) is 12.8 Å². The minimum atomic E-state index is -3.93. The van der Waals surface area contributed by atoms with Crippen LogP contribution in [-0.4, -0.2) is 83.3 Å². The molecule has 7 atom stereocenters. The fourth-order valence-corrected chi connectivity index (χ4v) is 9.85. The number of carbonyl (C=O) groups excluding carboxylic acids is 4. The highest BCUT2D eigenvalue weighted by Gasteiger charge is 2.62. The average Bonchev–Trinajstić information content (AvgIpc) is 4.02. The Hall–Kier alpha value is -4.37. The first-order valence-electron chi connectivity index (χ1n) is 19.4. The number of nitrogens with zero attached hydrogens (tertiary/aromatic N) is 2. The SMILES string of the molecule is C=C[C@@H]1C[C@]1(NC(=O)[C@@H]1C[C@@H]2CN1C(=O)[C@H](C(C)(C)C)NC(=O)O[C@@H]1CCC[C@H]1C/C=C/CCn1c(cc3cc(Cl)ccc3c1=O)O2)C(=O)NS(=O)(=O)C1CC1. The van der Waals surface area contributed by atoms with Gasteiger partial charge in [0.15, 0.2) is 5.88 Å². The summed E-state index contributed by atoms with van der Waals surface area (Å²) in [6.07, 6.45) is 8.26. The largest absolute Gasteiger partial charge is 0.473 e. The summed E-state index contributed by atoms with van der Waals surface area (Å²) in [7, 11) is -3.93. The van der Waals surface area contributed by atoms with Crippen LogP contribution in [0, 0.1) is 17.3 Å². The molecule has 16 heteroatoms. The first kappa shape index (κ1) is 39.8. The quantitative estimate of drug-likeness (QED) is 0.358. The molecule has 56 heavy (non-hydrogen) atoms. The van der Waals surface area contributed by atoms with E-state index in [0.29, 0.717) is 47.9 Å². The number of allylic oxidation sites excluding steroid dienone is 2. The minimum Gasteiger partial charge on any atom is -0.473 e. The summed E-state index contributed by atoms with van der Waals surface area (Å²) in [5.74, 6) is -2.36. The molecule has 2 aliphatic heterocycles. The number of amides is 4. The van der Waals surface area contributed by atoms with E-state index in [1.54, 1.807) is 49.6 Å². The Kier molecular flexibility index (Phi) is 10.8. The van der Waals surface area contributed by atoms with E-state index in [2.05, 4.69) is 21.9 Å². The second-order valence-electron chi connectivity index (χ2n) is 16.9. The van der Waals surface area contributed by atoms with Crippen LogP contribution >= 0.6 is 11.6 Å². The number of alkyl carbamates (subject to hydrolysis) is 1. The van der Waals surface area contributed by atoms with E-state index < -0.39 is 74.1 Å². The van der Waals surface area contributed by atoms with Crippen molar-refractivity contribution in [3.8, 4) is 5.88 Å². The van der Waals surface area contributed by atoms with Crippen molar-refractivity contribution < 1.29 is 37.1 Å². The zero-order valence-electron chi connectivity index (χ0n) is 31.9. The fourth-order valence-electron chi connectivity index (χ4n) is 8.30. The maximum Gasteiger partial charge on any atom is 0.408 e. The van der Waals surface area contributed by atoms with Crippen LogP contribution in [0.3, 0.4) is 0 Å². The third-order valence-corrected chi connectivity index (χ3v) is 13.8. The first-order valence-corrected chi connectivity index (χ1v) is 21.4. The van der Waals surface area contributed by atoms with Crippen LogP contribution in [0.2, 0.25) is 5.02 Å². The number of ether oxygens (including phenoxy) is 2. The van der Waals surface area contributed by atoms with Crippen LogP contribution in [0.15, 0.2) is 53.9 Å². The molecule has 302 valence electrons. The van der Waals surface area contributed by atoms with E-state index in [1.165, 1.54) is 11.0 Å². The number of hydrogen-bond donors (Lipinski definition) is 3. The van der Waals surface area contributed by atoms with Crippen molar-refractivity contribution in [1.29, 1.82) is 0 Å². The smallest absolute Gasteiger partial charge is 0.408 e. The Morgan fingerprint density at radius 2 is 1.84 bits per heavy atom. The highest BCUT2D eigenvalue weighted by atomic mass is 35.5. The number of sulfonamides is 1. The van der Waals surface area contributed by atoms with E-state index >= 15 is 0 Å². The minimum absolute atomic E-state index is 0.0405. The summed E-state index contributed by atoms with van der Waals surface area (Å²) in [5.41, 5.74) is -2.71. The number of benzene rings is 1. The van der Waals surface area contributed by atoms with Crippen LogP contribution in [0.25, 0.3) is 10.8 Å². The zero-order chi connectivity index (χ0) is 40.2. The van der Waals surface area contributed by atoms with Gasteiger partial charge in [0.25, 0.3) is 11.5 Å². The Morgan fingerprint density at radius 3 is 2.54 bits per heavy atom. The average molecular weight is 812 g/mol. The van der Waals surface area contributed by atoms with E-state index in [1.807, 2.05) is 12.2 Å². The molecular formula is C40H50ClN5O9S. The molecule has 7 rings (SSSR count). The predicted octanol–water partition coefficient (Wildman–Crippen LogP) is 4.33. The number of carbonyl (C=O) groups is 4. The summed E-state index contributed by atoms with van der Waals surface area (Å²) in [6.45, 7) is 9.34. The zero-order valence-corrected chi connectivity index (χ0v) is 33.5. The molecule has 2 bridgehead atoms. The predicted molar refractivity (Wildman–Crippen MR) is 209 cm³/mol. The number of fused-ring (bicyclic) bond motifs is 5. The van der Waals surface area contributed by atoms with Crippen molar-refractivity contribution in [2.24, 2.45) is 17.3 Å². The maximum atomic E-state index is 14.7. The number of halogens is 1. The normalized spacial score (nSPS) is 30.4. The molecular weight excluding hydrogens is 762 g/mol. The number of nitrogens with one attached hydrogen (secondary N) is 3. The van der Waals surface area contributed by atoms with Crippen LogP contribution in [0.4, 0.5) is 4.79 Å². The lowest BCUT2D eigenvalue weighted by molar-refractivity contribution is -0.143. The van der Waals surface area contributed by atoms with Crippen LogP contribution in [-0.2, 0) is 35.7 Å². The number of pyridine rings is 1. The lowest BCUT2D eigenvalue weighted by Crippen LogP contribution is -2.60. The van der Waals surface area contributed by atoms with Gasteiger partial charge in [0.1, 0.15) is 29.8 Å². The van der Waals surface area contributed by atoms with Gasteiger partial charge in [0.2, 0.25) is 21.8 Å². The second kappa shape index (κ2) is 15.2. The van der Waals surface area contributed by atoms with E-state index in [-0.39, 0.29) is 49.4 Å². The van der Waals surface area contributed by atoms with Crippen molar-refractivity contribution in [2.75, 3.05) is 6.54 Å². The number of rotatable bonds is 6. The van der Waals surface area contributed by atoms with Crippen LogP contribution in [0.5, 0.6) is 5.88 Å². The molecule has 4 fully saturated rings. The highest BCUT2D eigenvalue weighted by Crippen LogP contribution is 2.45. The summed E-state index contributed by atoms with van der Waals surface area (Å²) in [4.78, 5) is 71.5. The molecule has 3 aliphatic carbocycles. The summed E-state index contributed by atoms with van der Waals surface area (Å²) in [6, 6.07) is 4.38. The monoisotopic (exact) mass is 811 g/mol. The Bertz CT molecular complexity index is 2140. The molecule has 1 aromatic carbocycles. The molecule has 5 aliphatic rings.